The molecule has 0 unspecified atom stereocenters. The first-order valence-electron chi connectivity index (χ1n) is 17.1. The van der Waals surface area contributed by atoms with Crippen molar-refractivity contribution in [2.45, 2.75) is 86.9 Å². The molecule has 0 saturated heterocycles. The molecule has 0 aliphatic heterocycles. The van der Waals surface area contributed by atoms with E-state index in [0.29, 0.717) is 37.2 Å². The summed E-state index contributed by atoms with van der Waals surface area (Å²) in [4.78, 5) is 24.9. The average molecular weight is 601 g/mol. The Morgan fingerprint density at radius 1 is 0.391 bits per heavy atom. The van der Waals surface area contributed by atoms with Crippen molar-refractivity contribution in [3.05, 3.63) is 143 Å². The van der Waals surface area contributed by atoms with Crippen LogP contribution in [0.1, 0.15) is 87.5 Å². The Labute approximate surface area is 272 Å². The van der Waals surface area contributed by atoms with Crippen LogP contribution in [-0.4, -0.2) is 11.6 Å². The van der Waals surface area contributed by atoms with Gasteiger partial charge in [0.25, 0.3) is 0 Å². The minimum Gasteiger partial charge on any atom is -0.300 e. The van der Waals surface area contributed by atoms with Gasteiger partial charge in [-0.3, -0.25) is 9.59 Å². The van der Waals surface area contributed by atoms with E-state index in [4.69, 9.17) is 0 Å². The highest BCUT2D eigenvalue weighted by Gasteiger charge is 2.67. The van der Waals surface area contributed by atoms with E-state index in [1.165, 1.54) is 59.1 Å². The number of allylic oxidation sites excluding steroid dienone is 4. The fraction of sp³-hybridized carbons (Fsp3) is 0.318. The van der Waals surface area contributed by atoms with Crippen LogP contribution in [0.25, 0.3) is 22.3 Å². The molecular formula is C44H40O2. The van der Waals surface area contributed by atoms with E-state index in [0.717, 1.165) is 0 Å². The summed E-state index contributed by atoms with van der Waals surface area (Å²) in [5.74, 6) is 0.609. The van der Waals surface area contributed by atoms with Crippen molar-refractivity contribution in [1.82, 2.24) is 0 Å². The van der Waals surface area contributed by atoms with Crippen LogP contribution in [0.4, 0.5) is 0 Å². The SMILES string of the molecule is CC=C1CC23CC(=CC)CC2(C1)c1ccccc1-c1ccccc13.O=C1CC23CC(=O)CC2(C1)c1ccccc1-c1ccccc13. The average Bonchev–Trinajstić information content (AvgIpc) is 3.77. The quantitative estimate of drug-likeness (QED) is 0.188. The third kappa shape index (κ3) is 3.33. The molecule has 46 heavy (non-hydrogen) atoms. The smallest absolute Gasteiger partial charge is 0.134 e. The Morgan fingerprint density at radius 3 is 0.891 bits per heavy atom. The van der Waals surface area contributed by atoms with Crippen molar-refractivity contribution >= 4 is 11.6 Å². The molecule has 4 aromatic carbocycles. The molecule has 0 bridgehead atoms. The summed E-state index contributed by atoms with van der Waals surface area (Å²) in [5.41, 5.74) is 14.2. The van der Waals surface area contributed by atoms with Gasteiger partial charge in [-0.1, -0.05) is 120 Å². The number of ketones is 2. The first-order valence-corrected chi connectivity index (χ1v) is 17.1. The fourth-order valence-electron chi connectivity index (χ4n) is 11.5. The van der Waals surface area contributed by atoms with E-state index in [1.54, 1.807) is 22.3 Å². The fourth-order valence-corrected chi connectivity index (χ4v) is 11.5. The number of Topliss-reactive ketones (excluding diaryl/α,β-unsaturated/α-hetero) is 2. The summed E-state index contributed by atoms with van der Waals surface area (Å²) >= 11 is 0. The predicted octanol–water partition coefficient (Wildman–Crippen LogP) is 9.89. The van der Waals surface area contributed by atoms with Crippen LogP contribution in [0.15, 0.2) is 120 Å². The highest BCUT2D eigenvalue weighted by molar-refractivity contribution is 5.99. The number of hydrogen-bond acceptors (Lipinski definition) is 2. The van der Waals surface area contributed by atoms with Crippen LogP contribution in [0, 0.1) is 0 Å². The molecule has 6 aliphatic rings. The molecule has 4 aromatic rings. The Morgan fingerprint density at radius 2 is 0.630 bits per heavy atom. The molecule has 4 saturated carbocycles. The maximum absolute atomic E-state index is 12.4. The normalized spacial score (nSPS) is 30.5. The van der Waals surface area contributed by atoms with Gasteiger partial charge in [0, 0.05) is 47.3 Å². The van der Waals surface area contributed by atoms with Crippen molar-refractivity contribution in [2.75, 3.05) is 0 Å². The molecule has 0 spiro atoms. The number of carbonyl (C=O) groups is 2. The Hall–Kier alpha value is -4.30. The number of benzene rings is 4. The van der Waals surface area contributed by atoms with Crippen molar-refractivity contribution in [3.8, 4) is 22.3 Å². The molecular weight excluding hydrogens is 560 g/mol. The van der Waals surface area contributed by atoms with E-state index in [1.807, 2.05) is 24.3 Å². The Kier molecular flexibility index (Phi) is 5.84. The number of rotatable bonds is 0. The minimum atomic E-state index is -0.299. The molecule has 2 nitrogen and oxygen atoms in total. The van der Waals surface area contributed by atoms with Crippen LogP contribution < -0.4 is 0 Å². The van der Waals surface area contributed by atoms with Crippen molar-refractivity contribution in [3.63, 3.8) is 0 Å². The lowest BCUT2D eigenvalue weighted by atomic mass is 9.55. The summed E-state index contributed by atoms with van der Waals surface area (Å²) in [6, 6.07) is 35.1. The number of hydrogen-bond donors (Lipinski definition) is 0. The standard InChI is InChI=1S/C24H24.C20H16O2/c1-3-17-13-23-15-18(4-2)16-24(23,14-17)22-12-8-6-10-20(22)19-9-5-7-11-21(19)23;21-13-9-19-10-14(22)12-20(19,11-13)18-8-4-2-6-16(18)15-5-1-3-7-17(15)19/h3-12H,13-16H2,1-2H3;1-8H,9-12H2. The van der Waals surface area contributed by atoms with Crippen molar-refractivity contribution < 1.29 is 9.59 Å². The van der Waals surface area contributed by atoms with Crippen LogP contribution in [-0.2, 0) is 31.2 Å². The zero-order chi connectivity index (χ0) is 31.3. The maximum Gasteiger partial charge on any atom is 0.134 e. The van der Waals surface area contributed by atoms with Gasteiger partial charge in [0.15, 0.2) is 0 Å². The minimum absolute atomic E-state index is 0.266. The van der Waals surface area contributed by atoms with Gasteiger partial charge >= 0.3 is 0 Å². The van der Waals surface area contributed by atoms with E-state index < -0.39 is 0 Å². The van der Waals surface area contributed by atoms with Crippen LogP contribution in [0.5, 0.6) is 0 Å². The zero-order valence-corrected chi connectivity index (χ0v) is 26.9. The van der Waals surface area contributed by atoms with Gasteiger partial charge in [-0.2, -0.15) is 0 Å². The molecule has 0 radical (unpaired) electrons. The zero-order valence-electron chi connectivity index (χ0n) is 26.9. The lowest BCUT2D eigenvalue weighted by Crippen LogP contribution is -2.43. The van der Waals surface area contributed by atoms with E-state index >= 15 is 0 Å². The second kappa shape index (κ2) is 9.61. The largest absolute Gasteiger partial charge is 0.300 e. The number of carbonyl (C=O) groups excluding carboxylic acids is 2. The summed E-state index contributed by atoms with van der Waals surface area (Å²) in [6.07, 6.45) is 11.8. The van der Waals surface area contributed by atoms with Gasteiger partial charge in [-0.15, -0.1) is 0 Å². The molecule has 0 aromatic heterocycles. The molecule has 6 aliphatic carbocycles. The van der Waals surface area contributed by atoms with Gasteiger partial charge < -0.3 is 0 Å². The molecule has 0 atom stereocenters. The first-order chi connectivity index (χ1) is 22.4. The maximum atomic E-state index is 12.4. The highest BCUT2D eigenvalue weighted by atomic mass is 16.1. The van der Waals surface area contributed by atoms with Crippen molar-refractivity contribution in [1.29, 1.82) is 0 Å². The van der Waals surface area contributed by atoms with Gasteiger partial charge in [0.05, 0.1) is 0 Å². The second-order valence-electron chi connectivity index (χ2n) is 14.9. The summed E-state index contributed by atoms with van der Waals surface area (Å²) in [6.45, 7) is 4.45. The van der Waals surface area contributed by atoms with E-state index in [-0.39, 0.29) is 21.7 Å². The molecule has 0 heterocycles. The predicted molar refractivity (Wildman–Crippen MR) is 185 cm³/mol. The van der Waals surface area contributed by atoms with Crippen LogP contribution in [0.2, 0.25) is 0 Å². The monoisotopic (exact) mass is 600 g/mol. The third-order valence-corrected chi connectivity index (χ3v) is 13.1. The van der Waals surface area contributed by atoms with E-state index in [2.05, 4.69) is 98.8 Å². The molecule has 2 heteroatoms. The Bertz CT molecular complexity index is 1860. The van der Waals surface area contributed by atoms with E-state index in [9.17, 15) is 9.59 Å². The third-order valence-electron chi connectivity index (χ3n) is 13.1. The van der Waals surface area contributed by atoms with Crippen LogP contribution in [0.3, 0.4) is 0 Å². The topological polar surface area (TPSA) is 34.1 Å². The van der Waals surface area contributed by atoms with Crippen molar-refractivity contribution in [2.24, 2.45) is 0 Å². The first kappa shape index (κ1) is 28.0. The lowest BCUT2D eigenvalue weighted by Gasteiger charge is -2.47. The van der Waals surface area contributed by atoms with Crippen LogP contribution >= 0.6 is 0 Å². The summed E-state index contributed by atoms with van der Waals surface area (Å²) in [7, 11) is 0. The molecule has 4 fully saturated rings. The Balaban J connectivity index is 0.000000127. The number of fused-ring (bicyclic) bond motifs is 6. The molecule has 228 valence electrons. The van der Waals surface area contributed by atoms with Gasteiger partial charge in [-0.05, 0) is 84.0 Å². The molecule has 0 N–H and O–H groups in total. The lowest BCUT2D eigenvalue weighted by molar-refractivity contribution is -0.120. The molecule has 0 amide bonds. The van der Waals surface area contributed by atoms with Gasteiger partial charge in [-0.25, -0.2) is 0 Å². The molecule has 10 rings (SSSR count). The second-order valence-corrected chi connectivity index (χ2v) is 14.9. The summed E-state index contributed by atoms with van der Waals surface area (Å²) < 4.78 is 0. The van der Waals surface area contributed by atoms with Gasteiger partial charge in [0.2, 0.25) is 0 Å². The highest BCUT2D eigenvalue weighted by Crippen LogP contribution is 2.71. The summed E-state index contributed by atoms with van der Waals surface area (Å²) in [5, 5.41) is 0. The van der Waals surface area contributed by atoms with Gasteiger partial charge in [0.1, 0.15) is 11.6 Å².